The van der Waals surface area contributed by atoms with E-state index in [1.807, 2.05) is 12.1 Å². The topological polar surface area (TPSA) is 64.6 Å². The molecule has 0 unspecified atom stereocenters. The van der Waals surface area contributed by atoms with Gasteiger partial charge in [0.2, 0.25) is 5.91 Å². The second-order valence-corrected chi connectivity index (χ2v) is 10.3. The molecule has 3 fully saturated rings. The molecule has 1 amide bonds. The van der Waals surface area contributed by atoms with Crippen LogP contribution in [-0.4, -0.2) is 54.2 Å². The lowest BCUT2D eigenvalue weighted by molar-refractivity contribution is -0.123. The van der Waals surface area contributed by atoms with Gasteiger partial charge in [0.05, 0.1) is 6.04 Å². The zero-order valence-electron chi connectivity index (χ0n) is 18.3. The van der Waals surface area contributed by atoms with Gasteiger partial charge in [0.1, 0.15) is 5.75 Å². The molecule has 0 radical (unpaired) electrons. The molecule has 2 heterocycles. The van der Waals surface area contributed by atoms with Gasteiger partial charge in [0.25, 0.3) is 0 Å². The van der Waals surface area contributed by atoms with Crippen molar-refractivity contribution in [1.82, 2.24) is 15.5 Å². The fourth-order valence-corrected chi connectivity index (χ4v) is 6.49. The number of amides is 1. The average Bonchev–Trinajstić information content (AvgIpc) is 3.57. The molecule has 3 N–H and O–H groups in total. The molecule has 0 aromatic heterocycles. The van der Waals surface area contributed by atoms with Crippen LogP contribution >= 0.6 is 0 Å². The minimum absolute atomic E-state index is 0.0236. The fourth-order valence-electron chi connectivity index (χ4n) is 6.49. The van der Waals surface area contributed by atoms with E-state index in [0.717, 1.165) is 51.1 Å². The number of phenols is 1. The molecule has 2 aliphatic heterocycles. The molecule has 2 aliphatic carbocycles. The molecule has 1 aromatic rings. The number of nitrogens with one attached hydrogen (secondary N) is 2. The van der Waals surface area contributed by atoms with Gasteiger partial charge in [-0.1, -0.05) is 19.4 Å². The minimum atomic E-state index is -0.0236. The molecule has 2 saturated heterocycles. The molecule has 0 spiro atoms. The highest BCUT2D eigenvalue weighted by molar-refractivity contribution is 5.81. The summed E-state index contributed by atoms with van der Waals surface area (Å²) in [5, 5.41) is 16.9. The fraction of sp³-hybridized carbons (Fsp3) is 0.720. The standard InChI is InChI=1S/C25H37N3O2/c1-17-23-14-19-7-8-20(29)15-21(19)25(17,10-13-28(23)16-18-5-6-18)9-12-27-24(30)22-4-2-3-11-26-22/h7-8,15,17-18,22-23,26,29H,2-6,9-14,16H2,1H3,(H,27,30)/t17-,22-,23+,25-/m0/s1. The van der Waals surface area contributed by atoms with Gasteiger partial charge in [0.15, 0.2) is 0 Å². The van der Waals surface area contributed by atoms with Crippen LogP contribution < -0.4 is 10.6 Å². The largest absolute Gasteiger partial charge is 0.508 e. The van der Waals surface area contributed by atoms with Crippen molar-refractivity contribution >= 4 is 5.91 Å². The summed E-state index contributed by atoms with van der Waals surface area (Å²) < 4.78 is 0. The Morgan fingerprint density at radius 3 is 2.93 bits per heavy atom. The number of carbonyl (C=O) groups excluding carboxylic acids is 1. The van der Waals surface area contributed by atoms with Crippen LogP contribution in [0.25, 0.3) is 0 Å². The zero-order valence-corrected chi connectivity index (χ0v) is 18.3. The summed E-state index contributed by atoms with van der Waals surface area (Å²) in [6.07, 6.45) is 9.21. The highest BCUT2D eigenvalue weighted by Gasteiger charge is 2.51. The second kappa shape index (κ2) is 8.16. The summed E-state index contributed by atoms with van der Waals surface area (Å²) in [7, 11) is 0. The third kappa shape index (κ3) is 3.75. The number of piperidine rings is 2. The number of hydrogen-bond acceptors (Lipinski definition) is 4. The third-order valence-corrected chi connectivity index (χ3v) is 8.51. The normalized spacial score (nSPS) is 33.7. The first-order chi connectivity index (χ1) is 14.6. The van der Waals surface area contributed by atoms with E-state index >= 15 is 0 Å². The van der Waals surface area contributed by atoms with Crippen molar-refractivity contribution in [2.24, 2.45) is 11.8 Å². The van der Waals surface area contributed by atoms with E-state index in [0.29, 0.717) is 24.3 Å². The first kappa shape index (κ1) is 20.3. The predicted octanol–water partition coefficient (Wildman–Crippen LogP) is 2.95. The molecular weight excluding hydrogens is 374 g/mol. The second-order valence-electron chi connectivity index (χ2n) is 10.3. The van der Waals surface area contributed by atoms with Crippen molar-refractivity contribution in [3.63, 3.8) is 0 Å². The predicted molar refractivity (Wildman–Crippen MR) is 119 cm³/mol. The van der Waals surface area contributed by atoms with Gasteiger partial charge >= 0.3 is 0 Å². The number of rotatable bonds is 6. The van der Waals surface area contributed by atoms with Gasteiger partial charge in [-0.3, -0.25) is 9.69 Å². The van der Waals surface area contributed by atoms with Crippen LogP contribution in [0.2, 0.25) is 0 Å². The molecule has 30 heavy (non-hydrogen) atoms. The SMILES string of the molecule is C[C@H]1[C@H]2Cc3ccc(O)cc3[C@@]1(CCNC(=O)[C@@H]1CCCCN1)CCN2CC1CC1. The van der Waals surface area contributed by atoms with Crippen molar-refractivity contribution in [3.05, 3.63) is 29.3 Å². The Balaban J connectivity index is 1.34. The number of phenolic OH excluding ortho intramolecular Hbond substituents is 1. The summed E-state index contributed by atoms with van der Waals surface area (Å²) in [6.45, 7) is 6.47. The molecule has 4 atom stereocenters. The average molecular weight is 412 g/mol. The first-order valence-corrected chi connectivity index (χ1v) is 12.1. The Hall–Kier alpha value is -1.59. The van der Waals surface area contributed by atoms with Crippen molar-refractivity contribution in [1.29, 1.82) is 0 Å². The van der Waals surface area contributed by atoms with Crippen molar-refractivity contribution < 1.29 is 9.90 Å². The highest BCUT2D eigenvalue weighted by atomic mass is 16.3. The monoisotopic (exact) mass is 411 g/mol. The molecule has 4 aliphatic rings. The van der Waals surface area contributed by atoms with Gasteiger partial charge in [-0.25, -0.2) is 0 Å². The van der Waals surface area contributed by atoms with Gasteiger partial charge in [-0.2, -0.15) is 0 Å². The summed E-state index contributed by atoms with van der Waals surface area (Å²) in [6, 6.07) is 6.56. The number of fused-ring (bicyclic) bond motifs is 4. The maximum Gasteiger partial charge on any atom is 0.237 e. The maximum absolute atomic E-state index is 12.7. The number of hydrogen-bond donors (Lipinski definition) is 3. The van der Waals surface area contributed by atoms with Gasteiger partial charge in [-0.05, 0) is 93.1 Å². The number of aromatic hydroxyl groups is 1. The molecule has 5 nitrogen and oxygen atoms in total. The zero-order chi connectivity index (χ0) is 20.7. The lowest BCUT2D eigenvalue weighted by atomic mass is 9.56. The Morgan fingerprint density at radius 2 is 2.17 bits per heavy atom. The van der Waals surface area contributed by atoms with Gasteiger partial charge in [0, 0.05) is 24.5 Å². The number of benzene rings is 1. The summed E-state index contributed by atoms with van der Waals surface area (Å²) in [5.41, 5.74) is 2.78. The van der Waals surface area contributed by atoms with Crippen LogP contribution in [-0.2, 0) is 16.6 Å². The van der Waals surface area contributed by atoms with Crippen LogP contribution in [0, 0.1) is 11.8 Å². The first-order valence-electron chi connectivity index (χ1n) is 12.1. The van der Waals surface area contributed by atoms with Crippen molar-refractivity contribution in [2.45, 2.75) is 75.8 Å². The molecular formula is C25H37N3O2. The third-order valence-electron chi connectivity index (χ3n) is 8.51. The molecule has 1 saturated carbocycles. The van der Waals surface area contributed by atoms with Crippen LogP contribution in [0.15, 0.2) is 18.2 Å². The van der Waals surface area contributed by atoms with Gasteiger partial charge < -0.3 is 15.7 Å². The van der Waals surface area contributed by atoms with E-state index in [9.17, 15) is 9.90 Å². The lowest BCUT2D eigenvalue weighted by Gasteiger charge is -2.56. The Morgan fingerprint density at radius 1 is 1.30 bits per heavy atom. The van der Waals surface area contributed by atoms with E-state index in [1.165, 1.54) is 36.9 Å². The van der Waals surface area contributed by atoms with E-state index in [1.54, 1.807) is 0 Å². The Labute approximate surface area is 180 Å². The summed E-state index contributed by atoms with van der Waals surface area (Å²) in [5.74, 6) is 1.97. The molecule has 1 aromatic carbocycles. The number of likely N-dealkylation sites (tertiary alicyclic amines) is 1. The van der Waals surface area contributed by atoms with E-state index in [4.69, 9.17) is 0 Å². The smallest absolute Gasteiger partial charge is 0.237 e. The van der Waals surface area contributed by atoms with Gasteiger partial charge in [-0.15, -0.1) is 0 Å². The van der Waals surface area contributed by atoms with E-state index < -0.39 is 0 Å². The molecule has 164 valence electrons. The molecule has 2 bridgehead atoms. The van der Waals surface area contributed by atoms with Crippen molar-refractivity contribution in [2.75, 3.05) is 26.2 Å². The van der Waals surface area contributed by atoms with Crippen LogP contribution in [0.5, 0.6) is 5.75 Å². The molecule has 5 rings (SSSR count). The number of nitrogens with zero attached hydrogens (tertiary/aromatic N) is 1. The quantitative estimate of drug-likeness (QED) is 0.673. The van der Waals surface area contributed by atoms with E-state index in [2.05, 4.69) is 28.5 Å². The lowest BCUT2D eigenvalue weighted by Crippen LogP contribution is -2.60. The minimum Gasteiger partial charge on any atom is -0.508 e. The van der Waals surface area contributed by atoms with E-state index in [-0.39, 0.29) is 17.4 Å². The Kier molecular flexibility index (Phi) is 5.53. The van der Waals surface area contributed by atoms with Crippen LogP contribution in [0.4, 0.5) is 0 Å². The Bertz CT molecular complexity index is 787. The maximum atomic E-state index is 12.7. The summed E-state index contributed by atoms with van der Waals surface area (Å²) >= 11 is 0. The summed E-state index contributed by atoms with van der Waals surface area (Å²) in [4.78, 5) is 15.4. The van der Waals surface area contributed by atoms with Crippen LogP contribution in [0.3, 0.4) is 0 Å². The number of carbonyl (C=O) groups is 1. The van der Waals surface area contributed by atoms with Crippen molar-refractivity contribution in [3.8, 4) is 5.75 Å². The molecule has 5 heteroatoms. The highest BCUT2D eigenvalue weighted by Crippen LogP contribution is 2.52. The van der Waals surface area contributed by atoms with Crippen LogP contribution in [0.1, 0.15) is 63.0 Å².